The van der Waals surface area contributed by atoms with E-state index in [-0.39, 0.29) is 45.5 Å². The summed E-state index contributed by atoms with van der Waals surface area (Å²) in [5.74, 6) is -0.910. The van der Waals surface area contributed by atoms with Gasteiger partial charge in [-0.3, -0.25) is 19.5 Å². The second-order valence-corrected chi connectivity index (χ2v) is 10.5. The topological polar surface area (TPSA) is 91.6 Å². The minimum atomic E-state index is -0.643. The summed E-state index contributed by atoms with van der Waals surface area (Å²) in [4.78, 5) is 32.8. The minimum Gasteiger partial charge on any atom is -0.366 e. The van der Waals surface area contributed by atoms with Gasteiger partial charge in [-0.2, -0.15) is 0 Å². The third-order valence-electron chi connectivity index (χ3n) is 7.00. The van der Waals surface area contributed by atoms with Crippen LogP contribution in [0.3, 0.4) is 0 Å². The first-order valence-corrected chi connectivity index (χ1v) is 13.7. The molecule has 4 rings (SSSR count). The average molecular weight is 573 g/mol. The molecule has 1 aliphatic heterocycles. The number of amides is 2. The summed E-state index contributed by atoms with van der Waals surface area (Å²) >= 11 is 12.4. The third kappa shape index (κ3) is 8.22. The van der Waals surface area contributed by atoms with E-state index in [2.05, 4.69) is 26.2 Å². The molecule has 0 aliphatic carbocycles. The number of aromatic nitrogens is 1. The Balaban J connectivity index is 1.20. The number of carbonyl (C=O) groups excluding carboxylic acids is 2. The Labute approximate surface area is 238 Å². The lowest BCUT2D eigenvalue weighted by molar-refractivity contribution is -0.117. The number of hydrogen-bond donors (Lipinski definition) is 2. The number of benzene rings is 2. The summed E-state index contributed by atoms with van der Waals surface area (Å²) in [7, 11) is 0. The third-order valence-corrected chi connectivity index (χ3v) is 7.60. The van der Waals surface area contributed by atoms with Crippen molar-refractivity contribution in [3.63, 3.8) is 0 Å². The van der Waals surface area contributed by atoms with Crippen LogP contribution in [-0.2, 0) is 4.79 Å². The first kappa shape index (κ1) is 29.0. The molecule has 3 N–H and O–H groups in total. The molecule has 0 radical (unpaired) electrons. The lowest BCUT2D eigenvalue weighted by atomic mass is 9.88. The number of nitrogens with zero attached hydrogens (tertiary/aromatic N) is 3. The number of anilines is 1. The molecule has 2 heterocycles. The van der Waals surface area contributed by atoms with Crippen LogP contribution in [-0.4, -0.2) is 65.9 Å². The summed E-state index contributed by atoms with van der Waals surface area (Å²) in [6, 6.07) is 13.6. The number of pyridine rings is 1. The molecule has 39 heavy (non-hydrogen) atoms. The molecule has 1 saturated heterocycles. The smallest absolute Gasteiger partial charge is 0.248 e. The second kappa shape index (κ2) is 13.8. The zero-order valence-electron chi connectivity index (χ0n) is 21.6. The van der Waals surface area contributed by atoms with Gasteiger partial charge in [0.05, 0.1) is 22.3 Å². The number of piperazine rings is 1. The highest BCUT2D eigenvalue weighted by Crippen LogP contribution is 2.32. The number of nitrogens with two attached hydrogens (primary N) is 1. The van der Waals surface area contributed by atoms with Crippen molar-refractivity contribution in [2.75, 3.05) is 44.6 Å². The molecular weight excluding hydrogens is 540 g/mol. The zero-order valence-corrected chi connectivity index (χ0v) is 23.1. The molecule has 206 valence electrons. The first-order valence-electron chi connectivity index (χ1n) is 13.0. The molecule has 1 aliphatic rings. The molecule has 0 bridgehead atoms. The Morgan fingerprint density at radius 1 is 0.974 bits per heavy atom. The van der Waals surface area contributed by atoms with E-state index in [0.29, 0.717) is 0 Å². The Bertz CT molecular complexity index is 1250. The van der Waals surface area contributed by atoms with Crippen molar-refractivity contribution < 1.29 is 14.0 Å². The van der Waals surface area contributed by atoms with Crippen molar-refractivity contribution in [2.45, 2.75) is 25.2 Å². The maximum absolute atomic E-state index is 13.5. The maximum Gasteiger partial charge on any atom is 0.248 e. The predicted molar refractivity (Wildman–Crippen MR) is 153 cm³/mol. The Morgan fingerprint density at radius 3 is 2.26 bits per heavy atom. The molecule has 1 fully saturated rings. The largest absolute Gasteiger partial charge is 0.366 e. The summed E-state index contributed by atoms with van der Waals surface area (Å²) in [5, 5.41) is 3.08. The number of nitrogens with one attached hydrogen (secondary N) is 1. The van der Waals surface area contributed by atoms with E-state index in [1.54, 1.807) is 6.20 Å². The van der Waals surface area contributed by atoms with Crippen LogP contribution in [0.1, 0.15) is 46.7 Å². The fraction of sp³-hybridized carbons (Fsp3) is 0.345. The number of carbonyl (C=O) groups is 2. The van der Waals surface area contributed by atoms with E-state index in [1.165, 1.54) is 24.3 Å². The Kier molecular flexibility index (Phi) is 10.3. The van der Waals surface area contributed by atoms with Gasteiger partial charge in [-0.05, 0) is 60.8 Å². The van der Waals surface area contributed by atoms with Gasteiger partial charge in [0, 0.05) is 50.1 Å². The van der Waals surface area contributed by atoms with E-state index >= 15 is 0 Å². The van der Waals surface area contributed by atoms with Gasteiger partial charge >= 0.3 is 0 Å². The quantitative estimate of drug-likeness (QED) is 0.309. The molecular formula is C29H32Cl2FN5O2. The van der Waals surface area contributed by atoms with Gasteiger partial charge in [0.2, 0.25) is 11.8 Å². The molecule has 2 aromatic carbocycles. The van der Waals surface area contributed by atoms with Crippen molar-refractivity contribution in [3.05, 3.63) is 93.5 Å². The van der Waals surface area contributed by atoms with Gasteiger partial charge in [-0.1, -0.05) is 47.8 Å². The molecule has 3 aromatic rings. The average Bonchev–Trinajstić information content (AvgIpc) is 2.92. The highest BCUT2D eigenvalue weighted by atomic mass is 35.5. The highest BCUT2D eigenvalue weighted by molar-refractivity contribution is 6.40. The molecule has 1 atom stereocenters. The van der Waals surface area contributed by atoms with Crippen molar-refractivity contribution in [1.82, 2.24) is 14.8 Å². The lowest BCUT2D eigenvalue weighted by Crippen LogP contribution is -2.48. The van der Waals surface area contributed by atoms with Gasteiger partial charge in [0.1, 0.15) is 5.82 Å². The van der Waals surface area contributed by atoms with Crippen LogP contribution in [0.15, 0.2) is 60.9 Å². The molecule has 1 unspecified atom stereocenters. The fourth-order valence-corrected chi connectivity index (χ4v) is 5.46. The van der Waals surface area contributed by atoms with Crippen LogP contribution in [0.5, 0.6) is 0 Å². The van der Waals surface area contributed by atoms with Gasteiger partial charge in [0.25, 0.3) is 0 Å². The summed E-state index contributed by atoms with van der Waals surface area (Å²) in [6.45, 7) is 4.54. The number of primary amides is 1. The second-order valence-electron chi connectivity index (χ2n) is 9.73. The van der Waals surface area contributed by atoms with Gasteiger partial charge in [-0.25, -0.2) is 4.39 Å². The fourth-order valence-electron chi connectivity index (χ4n) is 4.87. The molecule has 0 saturated carbocycles. The van der Waals surface area contributed by atoms with Crippen LogP contribution >= 0.6 is 23.2 Å². The summed E-state index contributed by atoms with van der Waals surface area (Å²) in [5.41, 5.74) is 7.97. The van der Waals surface area contributed by atoms with Crippen LogP contribution in [0, 0.1) is 5.82 Å². The normalized spacial score (nSPS) is 15.2. The Morgan fingerprint density at radius 2 is 1.64 bits per heavy atom. The van der Waals surface area contributed by atoms with E-state index in [4.69, 9.17) is 28.9 Å². The van der Waals surface area contributed by atoms with E-state index in [9.17, 15) is 14.0 Å². The summed E-state index contributed by atoms with van der Waals surface area (Å²) in [6.07, 6.45) is 6.71. The van der Waals surface area contributed by atoms with Gasteiger partial charge in [0.15, 0.2) is 0 Å². The van der Waals surface area contributed by atoms with Crippen molar-refractivity contribution in [2.24, 2.45) is 5.73 Å². The standard InChI is InChI=1S/C29H32Cl2FN5O2/c30-25-16-22(29(33)39)17-26(31)28(25)35-27(38)19-37-14-12-36(13-15-37)11-2-1-5-24(21-4-3-10-34-18-21)20-6-8-23(32)9-7-20/h3-4,6-10,16-18,24H,1-2,5,11-15,19H2,(H2,33,39)(H,35,38). The zero-order chi connectivity index (χ0) is 27.8. The lowest BCUT2D eigenvalue weighted by Gasteiger charge is -2.34. The molecule has 1 aromatic heterocycles. The maximum atomic E-state index is 13.5. The molecule has 10 heteroatoms. The van der Waals surface area contributed by atoms with Crippen LogP contribution in [0.4, 0.5) is 10.1 Å². The number of halogens is 3. The number of unbranched alkanes of at least 4 members (excludes halogenated alkanes) is 1. The van der Waals surface area contributed by atoms with Gasteiger partial charge in [-0.15, -0.1) is 0 Å². The number of hydrogen-bond acceptors (Lipinski definition) is 5. The van der Waals surface area contributed by atoms with Crippen molar-refractivity contribution >= 4 is 40.7 Å². The van der Waals surface area contributed by atoms with Crippen molar-refractivity contribution in [1.29, 1.82) is 0 Å². The minimum absolute atomic E-state index is 0.166. The summed E-state index contributed by atoms with van der Waals surface area (Å²) < 4.78 is 13.5. The highest BCUT2D eigenvalue weighted by Gasteiger charge is 2.21. The van der Waals surface area contributed by atoms with E-state index in [0.717, 1.165) is 63.1 Å². The first-order chi connectivity index (χ1) is 18.8. The van der Waals surface area contributed by atoms with Crippen molar-refractivity contribution in [3.8, 4) is 0 Å². The molecule has 7 nitrogen and oxygen atoms in total. The van der Waals surface area contributed by atoms with Crippen LogP contribution in [0.25, 0.3) is 0 Å². The Hall–Kier alpha value is -3.04. The molecule has 2 amide bonds. The number of rotatable bonds is 11. The van der Waals surface area contributed by atoms with E-state index in [1.807, 2.05) is 24.4 Å². The van der Waals surface area contributed by atoms with Crippen LogP contribution in [0.2, 0.25) is 10.0 Å². The van der Waals surface area contributed by atoms with Gasteiger partial charge < -0.3 is 16.0 Å². The van der Waals surface area contributed by atoms with Crippen LogP contribution < -0.4 is 11.1 Å². The van der Waals surface area contributed by atoms with E-state index < -0.39 is 5.91 Å². The predicted octanol–water partition coefficient (Wildman–Crippen LogP) is 5.18. The molecule has 0 spiro atoms. The SMILES string of the molecule is NC(=O)c1cc(Cl)c(NC(=O)CN2CCN(CCCCC(c3ccc(F)cc3)c3cccnc3)CC2)c(Cl)c1. The monoisotopic (exact) mass is 571 g/mol.